The van der Waals surface area contributed by atoms with Crippen LogP contribution in [0.15, 0.2) is 12.5 Å². The van der Waals surface area contributed by atoms with Gasteiger partial charge in [-0.05, 0) is 19.3 Å². The first kappa shape index (κ1) is 10.9. The van der Waals surface area contributed by atoms with E-state index in [1.165, 1.54) is 0 Å². The summed E-state index contributed by atoms with van der Waals surface area (Å²) in [6, 6.07) is 0. The minimum atomic E-state index is 0.0166. The molecule has 1 aromatic heterocycles. The lowest BCUT2D eigenvalue weighted by molar-refractivity contribution is -0.118. The number of carbonyl (C=O) groups excluding carboxylic acids is 1. The van der Waals surface area contributed by atoms with Crippen LogP contribution < -0.4 is 0 Å². The fraction of sp³-hybridized carbons (Fsp3) is 0.600. The molecule has 1 atom stereocenters. The summed E-state index contributed by atoms with van der Waals surface area (Å²) in [5.74, 6) is 0.133. The zero-order valence-corrected chi connectivity index (χ0v) is 8.60. The number of aliphatic hydroxyl groups excluding tert-OH is 1. The highest BCUT2D eigenvalue weighted by molar-refractivity contribution is 5.75. The lowest BCUT2D eigenvalue weighted by atomic mass is 9.99. The highest BCUT2D eigenvalue weighted by Crippen LogP contribution is 2.11. The van der Waals surface area contributed by atoms with Crippen molar-refractivity contribution < 1.29 is 9.90 Å². The van der Waals surface area contributed by atoms with E-state index in [0.717, 1.165) is 5.69 Å². The number of aryl methyl sites for hydroxylation is 1. The lowest BCUT2D eigenvalue weighted by Gasteiger charge is -2.11. The summed E-state index contributed by atoms with van der Waals surface area (Å²) < 4.78 is 1.91. The Balaban J connectivity index is 2.57. The molecule has 4 heteroatoms. The van der Waals surface area contributed by atoms with Crippen molar-refractivity contribution in [3.05, 3.63) is 18.2 Å². The third-order valence-corrected chi connectivity index (χ3v) is 2.25. The van der Waals surface area contributed by atoms with Crippen LogP contribution in [0.1, 0.15) is 19.0 Å². The van der Waals surface area contributed by atoms with Gasteiger partial charge in [0.1, 0.15) is 5.78 Å². The van der Waals surface area contributed by atoms with Crippen molar-refractivity contribution in [2.75, 3.05) is 6.61 Å². The zero-order chi connectivity index (χ0) is 10.6. The summed E-state index contributed by atoms with van der Waals surface area (Å²) in [4.78, 5) is 14.9. The van der Waals surface area contributed by atoms with Crippen LogP contribution in [0.2, 0.25) is 0 Å². The number of Topliss-reactive ketones (excluding diaryl/α,β-unsaturated/α-hetero) is 1. The van der Waals surface area contributed by atoms with Crippen LogP contribution in [-0.4, -0.2) is 27.0 Å². The summed E-state index contributed by atoms with van der Waals surface area (Å²) >= 11 is 0. The fourth-order valence-electron chi connectivity index (χ4n) is 1.48. The molecule has 0 bridgehead atoms. The van der Waals surface area contributed by atoms with E-state index in [2.05, 4.69) is 4.98 Å². The molecule has 0 aromatic carbocycles. The number of aliphatic hydroxyl groups is 1. The average molecular weight is 196 g/mol. The third kappa shape index (κ3) is 2.96. The molecule has 0 amide bonds. The molecule has 0 aliphatic carbocycles. The Morgan fingerprint density at radius 2 is 2.43 bits per heavy atom. The van der Waals surface area contributed by atoms with Crippen molar-refractivity contribution in [3.8, 4) is 0 Å². The Morgan fingerprint density at radius 1 is 1.71 bits per heavy atom. The first-order valence-electron chi connectivity index (χ1n) is 4.69. The molecule has 1 heterocycles. The van der Waals surface area contributed by atoms with Gasteiger partial charge in [-0.2, -0.15) is 0 Å². The molecule has 1 unspecified atom stereocenters. The summed E-state index contributed by atoms with van der Waals surface area (Å²) in [5.41, 5.74) is 1.05. The second kappa shape index (κ2) is 4.91. The Bertz CT molecular complexity index is 307. The van der Waals surface area contributed by atoms with Gasteiger partial charge in [-0.25, -0.2) is 4.98 Å². The fourth-order valence-corrected chi connectivity index (χ4v) is 1.48. The van der Waals surface area contributed by atoms with E-state index in [1.807, 2.05) is 11.6 Å². The molecule has 78 valence electrons. The van der Waals surface area contributed by atoms with E-state index in [0.29, 0.717) is 12.8 Å². The Labute approximate surface area is 83.6 Å². The maximum atomic E-state index is 10.9. The first-order valence-corrected chi connectivity index (χ1v) is 4.69. The monoisotopic (exact) mass is 196 g/mol. The van der Waals surface area contributed by atoms with Gasteiger partial charge in [0.2, 0.25) is 0 Å². The van der Waals surface area contributed by atoms with E-state index in [-0.39, 0.29) is 18.3 Å². The molecular formula is C10H16N2O2. The van der Waals surface area contributed by atoms with Crippen molar-refractivity contribution in [2.24, 2.45) is 13.0 Å². The number of imidazole rings is 1. The second-order valence-electron chi connectivity index (χ2n) is 3.65. The smallest absolute Gasteiger partial charge is 0.130 e. The molecule has 0 saturated carbocycles. The van der Waals surface area contributed by atoms with E-state index in [1.54, 1.807) is 19.4 Å². The molecule has 0 saturated heterocycles. The molecule has 0 fully saturated rings. The minimum Gasteiger partial charge on any atom is -0.396 e. The summed E-state index contributed by atoms with van der Waals surface area (Å²) in [6.45, 7) is 1.59. The molecular weight excluding hydrogens is 180 g/mol. The van der Waals surface area contributed by atoms with Crippen LogP contribution in [0.4, 0.5) is 0 Å². The third-order valence-electron chi connectivity index (χ3n) is 2.25. The van der Waals surface area contributed by atoms with Crippen molar-refractivity contribution >= 4 is 5.78 Å². The first-order chi connectivity index (χ1) is 6.63. The lowest BCUT2D eigenvalue weighted by Crippen LogP contribution is -2.14. The number of hydrogen-bond acceptors (Lipinski definition) is 3. The number of rotatable bonds is 5. The van der Waals surface area contributed by atoms with Crippen LogP contribution >= 0.6 is 0 Å². The van der Waals surface area contributed by atoms with Crippen molar-refractivity contribution in [1.29, 1.82) is 0 Å². The zero-order valence-electron chi connectivity index (χ0n) is 8.60. The number of nitrogens with zero attached hydrogens (tertiary/aromatic N) is 2. The molecule has 14 heavy (non-hydrogen) atoms. The van der Waals surface area contributed by atoms with Crippen LogP contribution in [0.25, 0.3) is 0 Å². The van der Waals surface area contributed by atoms with E-state index < -0.39 is 0 Å². The highest BCUT2D eigenvalue weighted by Gasteiger charge is 2.12. The van der Waals surface area contributed by atoms with E-state index in [9.17, 15) is 4.79 Å². The average Bonchev–Trinajstić information content (AvgIpc) is 2.50. The molecule has 1 aromatic rings. The molecule has 1 rings (SSSR count). The van der Waals surface area contributed by atoms with Gasteiger partial charge < -0.3 is 14.5 Å². The van der Waals surface area contributed by atoms with Gasteiger partial charge in [0.25, 0.3) is 0 Å². The van der Waals surface area contributed by atoms with Gasteiger partial charge in [0.15, 0.2) is 0 Å². The predicted molar refractivity (Wildman–Crippen MR) is 52.8 cm³/mol. The number of hydrogen-bond donors (Lipinski definition) is 1. The normalized spacial score (nSPS) is 12.8. The molecule has 0 aliphatic heterocycles. The molecule has 1 N–H and O–H groups in total. The van der Waals surface area contributed by atoms with Gasteiger partial charge in [-0.1, -0.05) is 0 Å². The molecule has 0 radical (unpaired) electrons. The van der Waals surface area contributed by atoms with Gasteiger partial charge in [0.05, 0.1) is 6.33 Å². The van der Waals surface area contributed by atoms with Crippen LogP contribution in [0.3, 0.4) is 0 Å². The highest BCUT2D eigenvalue weighted by atomic mass is 16.3. The van der Waals surface area contributed by atoms with Gasteiger partial charge in [-0.3, -0.25) is 0 Å². The number of ketones is 1. The second-order valence-corrected chi connectivity index (χ2v) is 3.65. The topological polar surface area (TPSA) is 55.1 Å². The predicted octanol–water partition coefficient (Wildman–Crippen LogP) is 0.550. The van der Waals surface area contributed by atoms with Crippen molar-refractivity contribution in [3.63, 3.8) is 0 Å². The Hall–Kier alpha value is -1.16. The van der Waals surface area contributed by atoms with Crippen LogP contribution in [0.5, 0.6) is 0 Å². The maximum Gasteiger partial charge on any atom is 0.130 e. The largest absolute Gasteiger partial charge is 0.396 e. The van der Waals surface area contributed by atoms with Crippen molar-refractivity contribution in [1.82, 2.24) is 9.55 Å². The summed E-state index contributed by atoms with van der Waals surface area (Å²) in [7, 11) is 1.91. The summed E-state index contributed by atoms with van der Waals surface area (Å²) in [6.07, 6.45) is 4.62. The summed E-state index contributed by atoms with van der Waals surface area (Å²) in [5, 5.41) is 9.08. The van der Waals surface area contributed by atoms with E-state index >= 15 is 0 Å². The SMILES string of the molecule is CC(=O)CC(CO)Cc1cncn1C. The number of carbonyl (C=O) groups is 1. The van der Waals surface area contributed by atoms with Gasteiger partial charge in [-0.15, -0.1) is 0 Å². The van der Waals surface area contributed by atoms with Crippen molar-refractivity contribution in [2.45, 2.75) is 19.8 Å². The molecule has 0 aliphatic rings. The molecule has 0 spiro atoms. The van der Waals surface area contributed by atoms with Crippen LogP contribution in [0, 0.1) is 5.92 Å². The van der Waals surface area contributed by atoms with E-state index in [4.69, 9.17) is 5.11 Å². The minimum absolute atomic E-state index is 0.0166. The van der Waals surface area contributed by atoms with Gasteiger partial charge in [0, 0.05) is 32.0 Å². The van der Waals surface area contributed by atoms with Crippen LogP contribution in [-0.2, 0) is 18.3 Å². The standard InChI is InChI=1S/C10H16N2O2/c1-8(14)3-9(6-13)4-10-5-11-7-12(10)2/h5,7,9,13H,3-4,6H2,1-2H3. The van der Waals surface area contributed by atoms with Gasteiger partial charge >= 0.3 is 0 Å². The number of aromatic nitrogens is 2. The quantitative estimate of drug-likeness (QED) is 0.748. The molecule has 4 nitrogen and oxygen atoms in total. The Kier molecular flexibility index (Phi) is 3.83. The maximum absolute atomic E-state index is 10.9. The Morgan fingerprint density at radius 3 is 2.86 bits per heavy atom.